The van der Waals surface area contributed by atoms with Gasteiger partial charge in [-0.2, -0.15) is 0 Å². The van der Waals surface area contributed by atoms with Crippen LogP contribution in [0.1, 0.15) is 46.3 Å². The normalized spacial score (nSPS) is 15.4. The van der Waals surface area contributed by atoms with E-state index < -0.39 is 28.2 Å². The third kappa shape index (κ3) is 5.95. The van der Waals surface area contributed by atoms with E-state index in [2.05, 4.69) is 29.6 Å². The molecule has 1 saturated heterocycles. The molecule has 51 heavy (non-hydrogen) atoms. The molecule has 2 amide bonds. The number of amides is 2. The van der Waals surface area contributed by atoms with Crippen LogP contribution >= 0.6 is 11.6 Å². The van der Waals surface area contributed by atoms with Crippen molar-refractivity contribution in [2.45, 2.75) is 24.8 Å². The smallest absolute Gasteiger partial charge is 0.409 e. The van der Waals surface area contributed by atoms with E-state index in [9.17, 15) is 24.5 Å². The number of fused-ring (bicyclic) bond motifs is 4. The number of nitrogens with zero attached hydrogens (tertiary/aromatic N) is 4. The first-order valence-electron chi connectivity index (χ1n) is 16.7. The summed E-state index contributed by atoms with van der Waals surface area (Å²) in [5.74, 6) is -1.43. The number of nitro benzene ring substituents is 1. The number of non-ortho nitro benzene ring substituents is 1. The Morgan fingerprint density at radius 2 is 1.61 bits per heavy atom. The van der Waals surface area contributed by atoms with Gasteiger partial charge in [0.25, 0.3) is 11.6 Å². The highest BCUT2D eigenvalue weighted by atomic mass is 35.5. The van der Waals surface area contributed by atoms with Crippen LogP contribution in [0, 0.1) is 15.9 Å². The van der Waals surface area contributed by atoms with Crippen molar-refractivity contribution in [1.82, 2.24) is 9.47 Å². The molecule has 8 rings (SSSR count). The molecule has 1 saturated carbocycles. The first-order chi connectivity index (χ1) is 24.7. The van der Waals surface area contributed by atoms with E-state index in [1.807, 2.05) is 33.7 Å². The van der Waals surface area contributed by atoms with Crippen LogP contribution in [0.4, 0.5) is 26.2 Å². The number of carbonyl (C=O) groups is 2. The molecule has 1 N–H and O–H groups in total. The summed E-state index contributed by atoms with van der Waals surface area (Å²) in [6.45, 7) is 1.58. The molecule has 1 aromatic heterocycles. The number of piperazine rings is 1. The van der Waals surface area contributed by atoms with E-state index in [4.69, 9.17) is 16.3 Å². The van der Waals surface area contributed by atoms with Gasteiger partial charge < -0.3 is 24.4 Å². The predicted molar refractivity (Wildman–Crippen MR) is 191 cm³/mol. The fraction of sp³-hybridized carbons (Fsp3) is 0.237. The number of pyridine rings is 1. The average molecular weight is 708 g/mol. The number of hydrogen-bond acceptors (Lipinski definition) is 7. The standard InChI is InChI=1S/C38H31ClFN5O6/c39-31-17-23(45(49)50)11-12-33(31)41-37(47)29-20-44(22-9-10-22)34-19-35(32(40)18-28(34)36(29)46)42-13-15-43(16-14-42)38(48)51-21-30-26-7-3-1-5-24(26)25-6-2-4-8-27(25)30/h1-8,11-12,17-20,22,30H,9-10,13-16,21H2,(H,41,47). The minimum atomic E-state index is -0.763. The molecule has 0 atom stereocenters. The number of benzene rings is 4. The highest BCUT2D eigenvalue weighted by Crippen LogP contribution is 2.44. The summed E-state index contributed by atoms with van der Waals surface area (Å²) in [5.41, 5.74) is 4.38. The van der Waals surface area contributed by atoms with Gasteiger partial charge in [-0.05, 0) is 53.3 Å². The number of aromatic nitrogens is 1. The molecule has 258 valence electrons. The van der Waals surface area contributed by atoms with Crippen LogP contribution < -0.4 is 15.6 Å². The van der Waals surface area contributed by atoms with E-state index in [0.29, 0.717) is 37.4 Å². The monoisotopic (exact) mass is 707 g/mol. The number of halogens is 2. The molecular weight excluding hydrogens is 677 g/mol. The van der Waals surface area contributed by atoms with E-state index in [-0.39, 0.29) is 45.9 Å². The van der Waals surface area contributed by atoms with Crippen molar-refractivity contribution < 1.29 is 23.6 Å². The van der Waals surface area contributed by atoms with E-state index in [0.717, 1.165) is 41.2 Å². The summed E-state index contributed by atoms with van der Waals surface area (Å²) < 4.78 is 23.5. The van der Waals surface area contributed by atoms with Crippen LogP contribution in [-0.4, -0.2) is 59.2 Å². The van der Waals surface area contributed by atoms with Gasteiger partial charge in [0.1, 0.15) is 18.0 Å². The van der Waals surface area contributed by atoms with Crippen LogP contribution in [0.25, 0.3) is 22.0 Å². The maximum absolute atomic E-state index is 15.8. The van der Waals surface area contributed by atoms with Crippen LogP contribution in [0.2, 0.25) is 5.02 Å². The van der Waals surface area contributed by atoms with Gasteiger partial charge in [0.15, 0.2) is 0 Å². The van der Waals surface area contributed by atoms with Gasteiger partial charge >= 0.3 is 6.09 Å². The molecule has 2 fully saturated rings. The van der Waals surface area contributed by atoms with Crippen molar-refractivity contribution in [3.8, 4) is 11.1 Å². The number of carbonyl (C=O) groups excluding carboxylic acids is 2. The molecule has 13 heteroatoms. The average Bonchev–Trinajstić information content (AvgIpc) is 3.94. The Kier molecular flexibility index (Phi) is 8.18. The summed E-state index contributed by atoms with van der Waals surface area (Å²) in [6.07, 6.45) is 2.73. The van der Waals surface area contributed by atoms with Crippen molar-refractivity contribution >= 4 is 51.6 Å². The van der Waals surface area contributed by atoms with Gasteiger partial charge in [0.05, 0.1) is 26.8 Å². The first kappa shape index (κ1) is 32.5. The second kappa shape index (κ2) is 12.9. The number of ether oxygens (including phenoxy) is 1. The van der Waals surface area contributed by atoms with Gasteiger partial charge in [-0.25, -0.2) is 9.18 Å². The third-order valence-corrected chi connectivity index (χ3v) is 10.2. The minimum Gasteiger partial charge on any atom is -0.448 e. The zero-order chi connectivity index (χ0) is 35.4. The zero-order valence-electron chi connectivity index (χ0n) is 27.2. The van der Waals surface area contributed by atoms with Gasteiger partial charge in [0, 0.05) is 61.9 Å². The quantitative estimate of drug-likeness (QED) is 0.138. The summed E-state index contributed by atoms with van der Waals surface area (Å²) in [6, 6.07) is 22.7. The third-order valence-electron chi connectivity index (χ3n) is 9.91. The van der Waals surface area contributed by atoms with E-state index in [1.165, 1.54) is 24.4 Å². The number of hydrogen-bond donors (Lipinski definition) is 1. The number of nitro groups is 1. The van der Waals surface area contributed by atoms with Crippen molar-refractivity contribution in [1.29, 1.82) is 0 Å². The van der Waals surface area contributed by atoms with Gasteiger partial charge in [0.2, 0.25) is 5.43 Å². The predicted octanol–water partition coefficient (Wildman–Crippen LogP) is 7.36. The summed E-state index contributed by atoms with van der Waals surface area (Å²) in [5, 5.41) is 13.6. The Balaban J connectivity index is 0.978. The maximum Gasteiger partial charge on any atom is 0.409 e. The molecule has 11 nitrogen and oxygen atoms in total. The SMILES string of the molecule is O=C(Nc1ccc([N+](=O)[O-])cc1Cl)c1cn(C2CC2)c2cc(N3CCN(C(=O)OCC4c5ccccc5-c5ccccc54)CC3)c(F)cc2c1=O. The Morgan fingerprint density at radius 1 is 0.941 bits per heavy atom. The lowest BCUT2D eigenvalue weighted by atomic mass is 9.98. The van der Waals surface area contributed by atoms with Gasteiger partial charge in [-0.3, -0.25) is 19.7 Å². The first-order valence-corrected chi connectivity index (χ1v) is 17.0. The molecule has 0 bridgehead atoms. The Bertz CT molecular complexity index is 2270. The van der Waals surface area contributed by atoms with Gasteiger partial charge in [-0.1, -0.05) is 60.1 Å². The van der Waals surface area contributed by atoms with Crippen LogP contribution in [0.3, 0.4) is 0 Å². The molecular formula is C38H31ClFN5O6. The number of rotatable bonds is 7. The molecule has 0 unspecified atom stereocenters. The fourth-order valence-electron chi connectivity index (χ4n) is 7.14. The molecule has 5 aromatic rings. The van der Waals surface area contributed by atoms with Crippen molar-refractivity contribution in [2.75, 3.05) is 43.0 Å². The Hall–Kier alpha value is -5.75. The maximum atomic E-state index is 15.8. The van der Waals surface area contributed by atoms with Crippen LogP contribution in [0.5, 0.6) is 0 Å². The van der Waals surface area contributed by atoms with Crippen LogP contribution in [-0.2, 0) is 4.74 Å². The largest absolute Gasteiger partial charge is 0.448 e. The molecule has 0 radical (unpaired) electrons. The van der Waals surface area contributed by atoms with Crippen LogP contribution in [0.15, 0.2) is 89.9 Å². The van der Waals surface area contributed by atoms with E-state index >= 15 is 4.39 Å². The minimum absolute atomic E-state index is 0.0336. The molecule has 1 aliphatic heterocycles. The lowest BCUT2D eigenvalue weighted by molar-refractivity contribution is -0.384. The molecule has 0 spiro atoms. The fourth-order valence-corrected chi connectivity index (χ4v) is 7.36. The van der Waals surface area contributed by atoms with Crippen molar-refractivity contribution in [3.63, 3.8) is 0 Å². The highest BCUT2D eigenvalue weighted by Gasteiger charge is 2.32. The lowest BCUT2D eigenvalue weighted by Crippen LogP contribution is -2.49. The Morgan fingerprint density at radius 3 is 2.24 bits per heavy atom. The zero-order valence-corrected chi connectivity index (χ0v) is 27.9. The second-order valence-electron chi connectivity index (χ2n) is 13.0. The second-order valence-corrected chi connectivity index (χ2v) is 13.4. The molecule has 2 heterocycles. The Labute approximate surface area is 296 Å². The van der Waals surface area contributed by atoms with Crippen molar-refractivity contribution in [3.05, 3.63) is 133 Å². The summed E-state index contributed by atoms with van der Waals surface area (Å²) in [7, 11) is 0. The molecule has 4 aromatic carbocycles. The highest BCUT2D eigenvalue weighted by molar-refractivity contribution is 6.34. The van der Waals surface area contributed by atoms with E-state index in [1.54, 1.807) is 11.0 Å². The summed E-state index contributed by atoms with van der Waals surface area (Å²) in [4.78, 5) is 54.0. The van der Waals surface area contributed by atoms with Gasteiger partial charge in [-0.15, -0.1) is 0 Å². The number of nitrogens with one attached hydrogen (secondary N) is 1. The lowest BCUT2D eigenvalue weighted by Gasteiger charge is -2.36. The summed E-state index contributed by atoms with van der Waals surface area (Å²) >= 11 is 6.16. The molecule has 3 aliphatic rings. The van der Waals surface area contributed by atoms with Crippen molar-refractivity contribution in [2.24, 2.45) is 0 Å². The number of anilines is 2. The topological polar surface area (TPSA) is 127 Å². The molecule has 2 aliphatic carbocycles.